The van der Waals surface area contributed by atoms with Crippen molar-refractivity contribution >= 4 is 5.97 Å². The predicted octanol–water partition coefficient (Wildman–Crippen LogP) is 3.88. The van der Waals surface area contributed by atoms with E-state index in [0.29, 0.717) is 0 Å². The Morgan fingerprint density at radius 3 is 2.37 bits per heavy atom. The Morgan fingerprint density at radius 2 is 1.95 bits per heavy atom. The first-order valence-corrected chi connectivity index (χ1v) is 6.57. The average Bonchev–Trinajstić information content (AvgIpc) is 2.25. The number of benzene rings is 1. The fraction of sp³-hybridized carbons (Fsp3) is 0.562. The zero-order valence-electron chi connectivity index (χ0n) is 12.7. The standard InChI is InChI=1S/C16H24O3/c1-10(8-14(17)18)12-7-11(2)15(19-6)13(9-12)16(3,4)5/h7,9-10H,8H2,1-6H3,(H,17,18). The monoisotopic (exact) mass is 264 g/mol. The fourth-order valence-corrected chi connectivity index (χ4v) is 2.29. The van der Waals surface area contributed by atoms with Crippen LogP contribution >= 0.6 is 0 Å². The first kappa shape index (κ1) is 15.5. The van der Waals surface area contributed by atoms with Gasteiger partial charge in [0, 0.05) is 5.56 Å². The van der Waals surface area contributed by atoms with E-state index in [2.05, 4.69) is 26.8 Å². The van der Waals surface area contributed by atoms with E-state index < -0.39 is 5.97 Å². The third-order valence-corrected chi connectivity index (χ3v) is 3.36. The minimum Gasteiger partial charge on any atom is -0.496 e. The van der Waals surface area contributed by atoms with Gasteiger partial charge in [-0.15, -0.1) is 0 Å². The van der Waals surface area contributed by atoms with Gasteiger partial charge in [-0.3, -0.25) is 4.79 Å². The average molecular weight is 264 g/mol. The van der Waals surface area contributed by atoms with E-state index in [9.17, 15) is 4.79 Å². The zero-order chi connectivity index (χ0) is 14.8. The van der Waals surface area contributed by atoms with Crippen LogP contribution in [0.4, 0.5) is 0 Å². The first-order valence-electron chi connectivity index (χ1n) is 6.57. The lowest BCUT2D eigenvalue weighted by Crippen LogP contribution is -2.15. The molecule has 1 aromatic rings. The molecule has 0 bridgehead atoms. The maximum atomic E-state index is 10.8. The van der Waals surface area contributed by atoms with Gasteiger partial charge in [0.05, 0.1) is 13.5 Å². The van der Waals surface area contributed by atoms with Crippen molar-refractivity contribution in [3.8, 4) is 5.75 Å². The molecule has 0 radical (unpaired) electrons. The second-order valence-corrected chi connectivity index (χ2v) is 6.17. The number of rotatable bonds is 4. The summed E-state index contributed by atoms with van der Waals surface area (Å²) in [4.78, 5) is 10.8. The van der Waals surface area contributed by atoms with Gasteiger partial charge < -0.3 is 9.84 Å². The Morgan fingerprint density at radius 1 is 1.37 bits per heavy atom. The van der Waals surface area contributed by atoms with Gasteiger partial charge in [0.1, 0.15) is 5.75 Å². The van der Waals surface area contributed by atoms with Gasteiger partial charge in [-0.2, -0.15) is 0 Å². The van der Waals surface area contributed by atoms with Gasteiger partial charge in [0.2, 0.25) is 0 Å². The van der Waals surface area contributed by atoms with E-state index in [4.69, 9.17) is 9.84 Å². The third-order valence-electron chi connectivity index (χ3n) is 3.36. The minimum absolute atomic E-state index is 0.00297. The van der Waals surface area contributed by atoms with Crippen LogP contribution in [-0.4, -0.2) is 18.2 Å². The summed E-state index contributed by atoms with van der Waals surface area (Å²) in [6, 6.07) is 4.11. The molecule has 0 fully saturated rings. The highest BCUT2D eigenvalue weighted by Gasteiger charge is 2.22. The number of hydrogen-bond donors (Lipinski definition) is 1. The van der Waals surface area contributed by atoms with Gasteiger partial charge in [0.25, 0.3) is 0 Å². The summed E-state index contributed by atoms with van der Waals surface area (Å²) in [6.07, 6.45) is 0.148. The Kier molecular flexibility index (Phi) is 4.61. The summed E-state index contributed by atoms with van der Waals surface area (Å²) < 4.78 is 5.50. The number of aryl methyl sites for hydroxylation is 1. The van der Waals surface area contributed by atoms with Crippen LogP contribution in [0.2, 0.25) is 0 Å². The topological polar surface area (TPSA) is 46.5 Å². The van der Waals surface area contributed by atoms with Crippen LogP contribution in [0.3, 0.4) is 0 Å². The summed E-state index contributed by atoms with van der Waals surface area (Å²) in [5.74, 6) is 0.139. The second-order valence-electron chi connectivity index (χ2n) is 6.17. The largest absolute Gasteiger partial charge is 0.496 e. The number of aliphatic carboxylic acids is 1. The number of carbonyl (C=O) groups is 1. The van der Waals surface area contributed by atoms with Gasteiger partial charge in [-0.05, 0) is 29.4 Å². The molecule has 106 valence electrons. The van der Waals surface area contributed by atoms with Crippen molar-refractivity contribution in [2.45, 2.75) is 52.4 Å². The van der Waals surface area contributed by atoms with Crippen molar-refractivity contribution in [3.63, 3.8) is 0 Å². The molecule has 0 heterocycles. The predicted molar refractivity (Wildman–Crippen MR) is 77.1 cm³/mol. The van der Waals surface area contributed by atoms with Crippen LogP contribution < -0.4 is 4.74 Å². The van der Waals surface area contributed by atoms with Crippen LogP contribution in [0.25, 0.3) is 0 Å². The molecule has 0 saturated heterocycles. The number of carboxylic acid groups (broad SMARTS) is 1. The fourth-order valence-electron chi connectivity index (χ4n) is 2.29. The van der Waals surface area contributed by atoms with Crippen molar-refractivity contribution in [1.82, 2.24) is 0 Å². The Labute approximate surface area is 115 Å². The van der Waals surface area contributed by atoms with Crippen LogP contribution in [0.15, 0.2) is 12.1 Å². The lowest BCUT2D eigenvalue weighted by Gasteiger charge is -2.25. The van der Waals surface area contributed by atoms with Crippen LogP contribution in [0.1, 0.15) is 56.7 Å². The molecule has 1 atom stereocenters. The van der Waals surface area contributed by atoms with Crippen molar-refractivity contribution in [2.24, 2.45) is 0 Å². The van der Waals surface area contributed by atoms with E-state index in [1.807, 2.05) is 19.9 Å². The smallest absolute Gasteiger partial charge is 0.303 e. The molecular weight excluding hydrogens is 240 g/mol. The van der Waals surface area contributed by atoms with Crippen LogP contribution in [-0.2, 0) is 10.2 Å². The normalized spacial score (nSPS) is 13.2. The molecule has 1 rings (SSSR count). The van der Waals surface area contributed by atoms with Crippen molar-refractivity contribution < 1.29 is 14.6 Å². The van der Waals surface area contributed by atoms with E-state index in [0.717, 1.165) is 22.4 Å². The summed E-state index contributed by atoms with van der Waals surface area (Å²) in [6.45, 7) is 10.4. The minimum atomic E-state index is -0.765. The highest BCUT2D eigenvalue weighted by molar-refractivity contribution is 5.68. The molecule has 3 heteroatoms. The van der Waals surface area contributed by atoms with Gasteiger partial charge in [-0.1, -0.05) is 39.8 Å². The number of methoxy groups -OCH3 is 1. The molecule has 1 unspecified atom stereocenters. The number of hydrogen-bond acceptors (Lipinski definition) is 2. The lowest BCUT2D eigenvalue weighted by molar-refractivity contribution is -0.137. The van der Waals surface area contributed by atoms with Crippen molar-refractivity contribution in [3.05, 3.63) is 28.8 Å². The molecule has 1 N–H and O–H groups in total. The summed E-state index contributed by atoms with van der Waals surface area (Å²) in [5.41, 5.74) is 3.21. The van der Waals surface area contributed by atoms with Gasteiger partial charge in [-0.25, -0.2) is 0 Å². The van der Waals surface area contributed by atoms with Gasteiger partial charge >= 0.3 is 5.97 Å². The quantitative estimate of drug-likeness (QED) is 0.897. The zero-order valence-corrected chi connectivity index (χ0v) is 12.7. The van der Waals surface area contributed by atoms with Crippen LogP contribution in [0.5, 0.6) is 5.75 Å². The second kappa shape index (κ2) is 5.64. The SMILES string of the molecule is COc1c(C)cc(C(C)CC(=O)O)cc1C(C)(C)C. The van der Waals surface area contributed by atoms with E-state index in [-0.39, 0.29) is 17.8 Å². The lowest BCUT2D eigenvalue weighted by atomic mass is 9.82. The Hall–Kier alpha value is -1.51. The molecule has 0 aliphatic heterocycles. The highest BCUT2D eigenvalue weighted by Crippen LogP contribution is 2.37. The molecule has 3 nitrogen and oxygen atoms in total. The Balaban J connectivity index is 3.31. The highest BCUT2D eigenvalue weighted by atomic mass is 16.5. The first-order chi connectivity index (χ1) is 8.66. The molecule has 0 saturated carbocycles. The number of carboxylic acids is 1. The maximum absolute atomic E-state index is 10.8. The molecular formula is C16H24O3. The third kappa shape index (κ3) is 3.72. The maximum Gasteiger partial charge on any atom is 0.303 e. The molecule has 0 aliphatic rings. The number of ether oxygens (including phenoxy) is 1. The van der Waals surface area contributed by atoms with E-state index >= 15 is 0 Å². The molecule has 0 spiro atoms. The summed E-state index contributed by atoms with van der Waals surface area (Å²) in [7, 11) is 1.68. The summed E-state index contributed by atoms with van der Waals surface area (Å²) >= 11 is 0. The Bertz CT molecular complexity index is 470. The molecule has 19 heavy (non-hydrogen) atoms. The van der Waals surface area contributed by atoms with E-state index in [1.54, 1.807) is 7.11 Å². The van der Waals surface area contributed by atoms with Crippen molar-refractivity contribution in [2.75, 3.05) is 7.11 Å². The summed E-state index contributed by atoms with van der Waals surface area (Å²) in [5, 5.41) is 8.92. The van der Waals surface area contributed by atoms with Gasteiger partial charge in [0.15, 0.2) is 0 Å². The molecule has 0 aliphatic carbocycles. The molecule has 0 amide bonds. The van der Waals surface area contributed by atoms with E-state index in [1.165, 1.54) is 0 Å². The van der Waals surface area contributed by atoms with Crippen LogP contribution in [0, 0.1) is 6.92 Å². The molecule has 1 aromatic carbocycles. The van der Waals surface area contributed by atoms with Crippen molar-refractivity contribution in [1.29, 1.82) is 0 Å². The molecule has 0 aromatic heterocycles.